The van der Waals surface area contributed by atoms with Gasteiger partial charge >= 0.3 is 12.0 Å². The zero-order valence-electron chi connectivity index (χ0n) is 15.3. The minimum Gasteiger partial charge on any atom is -0.496 e. The van der Waals surface area contributed by atoms with Gasteiger partial charge in [0.05, 0.1) is 7.11 Å². The van der Waals surface area contributed by atoms with Crippen LogP contribution >= 0.6 is 15.9 Å². The number of benzene rings is 2. The Morgan fingerprint density at radius 1 is 1.17 bits per heavy atom. The van der Waals surface area contributed by atoms with Gasteiger partial charge in [-0.3, -0.25) is 10.1 Å². The Labute approximate surface area is 174 Å². The highest BCUT2D eigenvalue weighted by Gasteiger charge is 2.12. The van der Waals surface area contributed by atoms with Crippen LogP contribution in [0.3, 0.4) is 0 Å². The van der Waals surface area contributed by atoms with Crippen LogP contribution in [0.4, 0.5) is 6.01 Å². The van der Waals surface area contributed by atoms with Gasteiger partial charge in [0.25, 0.3) is 5.91 Å². The molecule has 0 aliphatic rings. The summed E-state index contributed by atoms with van der Waals surface area (Å²) in [5.74, 6) is -0.419. The van der Waals surface area contributed by atoms with Crippen molar-refractivity contribution in [2.45, 2.75) is 0 Å². The number of methoxy groups -OCH3 is 1. The number of anilines is 1. The third kappa shape index (κ3) is 5.76. The minimum absolute atomic E-state index is 0.0840. The Kier molecular flexibility index (Phi) is 6.75. The number of rotatable bonds is 7. The van der Waals surface area contributed by atoms with Crippen molar-refractivity contribution < 1.29 is 23.5 Å². The van der Waals surface area contributed by atoms with Crippen molar-refractivity contribution in [1.82, 2.24) is 10.2 Å². The topological polar surface area (TPSA) is 104 Å². The second kappa shape index (κ2) is 9.65. The molecule has 148 valence electrons. The van der Waals surface area contributed by atoms with Crippen molar-refractivity contribution in [3.05, 3.63) is 64.6 Å². The Hall–Kier alpha value is -3.46. The maximum Gasteiger partial charge on any atom is 0.331 e. The molecule has 0 bridgehead atoms. The molecule has 29 heavy (non-hydrogen) atoms. The standard InChI is InChI=1S/C20H16BrN3O5/c1-27-16-9-8-15(21)11-14(16)7-10-18(26)28-12-17(25)22-20-24-23-19(29-20)13-5-3-2-4-6-13/h2-11H,12H2,1H3,(H,22,24,25). The Morgan fingerprint density at radius 2 is 1.97 bits per heavy atom. The summed E-state index contributed by atoms with van der Waals surface area (Å²) in [6.07, 6.45) is 2.74. The van der Waals surface area contributed by atoms with E-state index in [0.29, 0.717) is 11.3 Å². The number of ether oxygens (including phenoxy) is 2. The van der Waals surface area contributed by atoms with E-state index in [1.165, 1.54) is 19.3 Å². The van der Waals surface area contributed by atoms with Gasteiger partial charge in [-0.15, -0.1) is 5.10 Å². The van der Waals surface area contributed by atoms with Gasteiger partial charge in [0, 0.05) is 21.7 Å². The van der Waals surface area contributed by atoms with E-state index in [1.54, 1.807) is 24.3 Å². The molecule has 1 N–H and O–H groups in total. The first kappa shape index (κ1) is 20.3. The average molecular weight is 458 g/mol. The second-order valence-electron chi connectivity index (χ2n) is 5.65. The summed E-state index contributed by atoms with van der Waals surface area (Å²) in [6, 6.07) is 14.4. The molecule has 1 aromatic heterocycles. The highest BCUT2D eigenvalue weighted by molar-refractivity contribution is 9.10. The molecule has 0 saturated carbocycles. The molecule has 2 aromatic carbocycles. The monoisotopic (exact) mass is 457 g/mol. The highest BCUT2D eigenvalue weighted by atomic mass is 79.9. The Balaban J connectivity index is 1.51. The lowest BCUT2D eigenvalue weighted by atomic mass is 10.2. The fourth-order valence-electron chi connectivity index (χ4n) is 2.30. The molecule has 0 fully saturated rings. The zero-order chi connectivity index (χ0) is 20.6. The third-order valence-electron chi connectivity index (χ3n) is 3.63. The van der Waals surface area contributed by atoms with E-state index in [-0.39, 0.29) is 11.9 Å². The summed E-state index contributed by atoms with van der Waals surface area (Å²) in [5.41, 5.74) is 1.41. The first-order chi connectivity index (χ1) is 14.0. The summed E-state index contributed by atoms with van der Waals surface area (Å²) >= 11 is 3.35. The number of nitrogens with one attached hydrogen (secondary N) is 1. The fourth-order valence-corrected chi connectivity index (χ4v) is 2.68. The number of aromatic nitrogens is 2. The molecule has 0 unspecified atom stereocenters. The molecule has 0 aliphatic carbocycles. The summed E-state index contributed by atoms with van der Waals surface area (Å²) in [4.78, 5) is 23.8. The van der Waals surface area contributed by atoms with Crippen molar-refractivity contribution in [3.8, 4) is 17.2 Å². The molecule has 0 atom stereocenters. The van der Waals surface area contributed by atoms with Gasteiger partial charge in [-0.2, -0.15) is 0 Å². The minimum atomic E-state index is -0.683. The number of esters is 1. The molecule has 8 nitrogen and oxygen atoms in total. The van der Waals surface area contributed by atoms with Gasteiger partial charge in [0.15, 0.2) is 6.61 Å². The maximum atomic E-state index is 11.9. The second-order valence-corrected chi connectivity index (χ2v) is 6.57. The van der Waals surface area contributed by atoms with Gasteiger partial charge in [-0.1, -0.05) is 39.2 Å². The normalized spacial score (nSPS) is 10.7. The van der Waals surface area contributed by atoms with E-state index in [0.717, 1.165) is 10.0 Å². The van der Waals surface area contributed by atoms with Gasteiger partial charge in [-0.25, -0.2) is 4.79 Å². The Morgan fingerprint density at radius 3 is 2.72 bits per heavy atom. The van der Waals surface area contributed by atoms with Crippen LogP contribution in [0.2, 0.25) is 0 Å². The molecule has 9 heteroatoms. The van der Waals surface area contributed by atoms with E-state index in [2.05, 4.69) is 31.4 Å². The quantitative estimate of drug-likeness (QED) is 0.425. The summed E-state index contributed by atoms with van der Waals surface area (Å²) in [5, 5.41) is 9.98. The van der Waals surface area contributed by atoms with Crippen LogP contribution in [0.25, 0.3) is 17.5 Å². The van der Waals surface area contributed by atoms with Crippen LogP contribution in [-0.2, 0) is 14.3 Å². The smallest absolute Gasteiger partial charge is 0.331 e. The predicted molar refractivity (Wildman–Crippen MR) is 109 cm³/mol. The van der Waals surface area contributed by atoms with E-state index in [4.69, 9.17) is 13.9 Å². The van der Waals surface area contributed by atoms with Crippen molar-refractivity contribution in [2.75, 3.05) is 19.0 Å². The molecule has 0 radical (unpaired) electrons. The number of carbonyl (C=O) groups is 2. The first-order valence-corrected chi connectivity index (χ1v) is 9.21. The zero-order valence-corrected chi connectivity index (χ0v) is 16.9. The SMILES string of the molecule is COc1ccc(Br)cc1C=CC(=O)OCC(=O)Nc1nnc(-c2ccccc2)o1. The molecule has 1 amide bonds. The van der Waals surface area contributed by atoms with E-state index >= 15 is 0 Å². The van der Waals surface area contributed by atoms with Gasteiger partial charge in [-0.05, 0) is 36.4 Å². The number of nitrogens with zero attached hydrogens (tertiary/aromatic N) is 2. The average Bonchev–Trinajstić information content (AvgIpc) is 3.20. The van der Waals surface area contributed by atoms with Crippen LogP contribution < -0.4 is 10.1 Å². The van der Waals surface area contributed by atoms with Gasteiger partial charge in [0.1, 0.15) is 5.75 Å². The predicted octanol–water partition coefficient (Wildman–Crippen LogP) is 3.70. The number of halogens is 1. The third-order valence-corrected chi connectivity index (χ3v) is 4.12. The molecular formula is C20H16BrN3O5. The maximum absolute atomic E-state index is 11.9. The molecule has 0 aliphatic heterocycles. The Bertz CT molecular complexity index is 1030. The first-order valence-electron chi connectivity index (χ1n) is 8.42. The number of carbonyl (C=O) groups excluding carboxylic acids is 2. The summed E-state index contributed by atoms with van der Waals surface area (Å²) in [7, 11) is 1.53. The van der Waals surface area contributed by atoms with Crippen molar-refractivity contribution in [3.63, 3.8) is 0 Å². The fraction of sp³-hybridized carbons (Fsp3) is 0.100. The lowest BCUT2D eigenvalue weighted by Gasteiger charge is -2.05. The molecule has 0 spiro atoms. The molecule has 3 rings (SSSR count). The summed E-state index contributed by atoms with van der Waals surface area (Å²) < 4.78 is 16.3. The van der Waals surface area contributed by atoms with Crippen LogP contribution in [0, 0.1) is 0 Å². The molecular weight excluding hydrogens is 442 g/mol. The lowest BCUT2D eigenvalue weighted by molar-refractivity contribution is -0.142. The van der Waals surface area contributed by atoms with Crippen molar-refractivity contribution >= 4 is 39.9 Å². The van der Waals surface area contributed by atoms with E-state index in [1.807, 2.05) is 24.3 Å². The van der Waals surface area contributed by atoms with Crippen LogP contribution in [0.15, 0.2) is 63.5 Å². The largest absolute Gasteiger partial charge is 0.496 e. The van der Waals surface area contributed by atoms with Crippen molar-refractivity contribution in [2.24, 2.45) is 0 Å². The van der Waals surface area contributed by atoms with Gasteiger partial charge < -0.3 is 13.9 Å². The number of hydrogen-bond donors (Lipinski definition) is 1. The lowest BCUT2D eigenvalue weighted by Crippen LogP contribution is -2.20. The highest BCUT2D eigenvalue weighted by Crippen LogP contribution is 2.24. The number of hydrogen-bond acceptors (Lipinski definition) is 7. The van der Waals surface area contributed by atoms with E-state index < -0.39 is 18.5 Å². The molecule has 1 heterocycles. The summed E-state index contributed by atoms with van der Waals surface area (Å²) in [6.45, 7) is -0.498. The number of amides is 1. The van der Waals surface area contributed by atoms with Gasteiger partial charge in [0.2, 0.25) is 5.89 Å². The van der Waals surface area contributed by atoms with E-state index in [9.17, 15) is 9.59 Å². The van der Waals surface area contributed by atoms with Crippen LogP contribution in [0.5, 0.6) is 5.75 Å². The molecule has 0 saturated heterocycles. The van der Waals surface area contributed by atoms with Crippen LogP contribution in [-0.4, -0.2) is 35.8 Å². The molecule has 3 aromatic rings. The van der Waals surface area contributed by atoms with Crippen LogP contribution in [0.1, 0.15) is 5.56 Å². The van der Waals surface area contributed by atoms with Crippen molar-refractivity contribution in [1.29, 1.82) is 0 Å².